The van der Waals surface area contributed by atoms with Gasteiger partial charge in [-0.3, -0.25) is 14.9 Å². The van der Waals surface area contributed by atoms with Crippen LogP contribution < -0.4 is 0 Å². The quantitative estimate of drug-likeness (QED) is 0.246. The number of thioether (sulfide) groups is 1. The first-order valence-corrected chi connectivity index (χ1v) is 11.4. The Morgan fingerprint density at radius 2 is 2.09 bits per heavy atom. The fourth-order valence-electron chi connectivity index (χ4n) is 4.18. The number of aromatic nitrogens is 2. The molecular weight excluding hydrogens is 432 g/mol. The molecule has 2 aliphatic rings. The maximum absolute atomic E-state index is 13.0. The van der Waals surface area contributed by atoms with Gasteiger partial charge in [0.2, 0.25) is 5.91 Å². The van der Waals surface area contributed by atoms with Gasteiger partial charge in [0.05, 0.1) is 23.2 Å². The van der Waals surface area contributed by atoms with Gasteiger partial charge in [-0.25, -0.2) is 9.78 Å². The molecule has 0 saturated carbocycles. The van der Waals surface area contributed by atoms with E-state index < -0.39 is 10.9 Å². The fraction of sp³-hybridized carbons (Fsp3) is 0.409. The molecule has 2 unspecified atom stereocenters. The van der Waals surface area contributed by atoms with E-state index in [1.807, 2.05) is 24.6 Å². The molecule has 2 aromatic rings. The van der Waals surface area contributed by atoms with Gasteiger partial charge in [-0.2, -0.15) is 0 Å². The van der Waals surface area contributed by atoms with Crippen LogP contribution in [0.2, 0.25) is 0 Å². The molecule has 4 rings (SSSR count). The number of nitrogens with zero attached hydrogens (tertiary/aromatic N) is 4. The number of amides is 1. The van der Waals surface area contributed by atoms with E-state index in [0.717, 1.165) is 17.2 Å². The van der Waals surface area contributed by atoms with E-state index in [1.54, 1.807) is 41.3 Å². The van der Waals surface area contributed by atoms with Gasteiger partial charge in [0.1, 0.15) is 12.3 Å². The molecule has 10 heteroatoms. The lowest BCUT2D eigenvalue weighted by atomic mass is 9.79. The summed E-state index contributed by atoms with van der Waals surface area (Å²) in [6, 6.07) is 5.86. The second-order valence-electron chi connectivity index (χ2n) is 8.17. The summed E-state index contributed by atoms with van der Waals surface area (Å²) in [6.07, 6.45) is 6.01. The minimum absolute atomic E-state index is 0.000157. The van der Waals surface area contributed by atoms with Crippen molar-refractivity contribution in [1.82, 2.24) is 14.5 Å². The number of fused-ring (bicyclic) bond motifs is 1. The molecule has 0 N–H and O–H groups in total. The first kappa shape index (κ1) is 22.1. The standard InChI is InChI=1S/C22H24N4O5S/c1-14(2)19-17-11-18(32-10-9-24-8-7-23-13-24)20(25(17)21(19)27)22(28)31-12-15-3-5-16(6-4-15)26(29)30/h3-8,13-14,17,19H,9-12H2,1-2H3. The van der Waals surface area contributed by atoms with Crippen LogP contribution in [-0.4, -0.2) is 43.0 Å². The van der Waals surface area contributed by atoms with Crippen molar-refractivity contribution in [2.24, 2.45) is 11.8 Å². The Kier molecular flexibility index (Phi) is 6.31. The Morgan fingerprint density at radius 3 is 2.72 bits per heavy atom. The van der Waals surface area contributed by atoms with Gasteiger partial charge in [0, 0.05) is 48.1 Å². The van der Waals surface area contributed by atoms with Crippen molar-refractivity contribution in [3.8, 4) is 0 Å². The molecule has 32 heavy (non-hydrogen) atoms. The van der Waals surface area contributed by atoms with Crippen LogP contribution in [-0.2, 0) is 27.5 Å². The summed E-state index contributed by atoms with van der Waals surface area (Å²) in [7, 11) is 0. The zero-order chi connectivity index (χ0) is 22.8. The van der Waals surface area contributed by atoms with Crippen molar-refractivity contribution in [1.29, 1.82) is 0 Å². The smallest absolute Gasteiger partial charge is 0.356 e. The molecule has 0 radical (unpaired) electrons. The van der Waals surface area contributed by atoms with Gasteiger partial charge in [-0.1, -0.05) is 13.8 Å². The normalized spacial score (nSPS) is 19.8. The number of ether oxygens (including phenoxy) is 1. The van der Waals surface area contributed by atoms with Crippen LogP contribution >= 0.6 is 11.8 Å². The van der Waals surface area contributed by atoms with Crippen molar-refractivity contribution in [3.63, 3.8) is 0 Å². The van der Waals surface area contributed by atoms with E-state index in [2.05, 4.69) is 4.98 Å². The zero-order valence-electron chi connectivity index (χ0n) is 17.8. The fourth-order valence-corrected chi connectivity index (χ4v) is 5.33. The van der Waals surface area contributed by atoms with E-state index in [-0.39, 0.29) is 36.1 Å². The third-order valence-corrected chi connectivity index (χ3v) is 6.88. The van der Waals surface area contributed by atoms with Crippen LogP contribution in [0.1, 0.15) is 25.8 Å². The van der Waals surface area contributed by atoms with Gasteiger partial charge in [-0.15, -0.1) is 11.8 Å². The largest absolute Gasteiger partial charge is 0.456 e. The highest BCUT2D eigenvalue weighted by Gasteiger charge is 2.56. The lowest BCUT2D eigenvalue weighted by Crippen LogP contribution is -2.60. The number of hydrogen-bond donors (Lipinski definition) is 0. The predicted molar refractivity (Wildman–Crippen MR) is 118 cm³/mol. The molecule has 2 atom stereocenters. The Labute approximate surface area is 189 Å². The summed E-state index contributed by atoms with van der Waals surface area (Å²) in [5, 5.41) is 10.8. The topological polar surface area (TPSA) is 108 Å². The highest BCUT2D eigenvalue weighted by molar-refractivity contribution is 8.03. The summed E-state index contributed by atoms with van der Waals surface area (Å²) < 4.78 is 7.47. The highest BCUT2D eigenvalue weighted by Crippen LogP contribution is 2.48. The van der Waals surface area contributed by atoms with Crippen molar-refractivity contribution >= 4 is 29.3 Å². The molecule has 1 fully saturated rings. The number of carbonyl (C=O) groups excluding carboxylic acids is 2. The lowest BCUT2D eigenvalue weighted by molar-refractivity contribution is -0.384. The second-order valence-corrected chi connectivity index (χ2v) is 9.36. The maximum Gasteiger partial charge on any atom is 0.356 e. The van der Waals surface area contributed by atoms with E-state index in [9.17, 15) is 19.7 Å². The molecule has 1 amide bonds. The molecule has 1 aromatic heterocycles. The van der Waals surface area contributed by atoms with Crippen molar-refractivity contribution < 1.29 is 19.2 Å². The lowest BCUT2D eigenvalue weighted by Gasteiger charge is -2.45. The molecule has 0 aliphatic carbocycles. The number of benzene rings is 1. The summed E-state index contributed by atoms with van der Waals surface area (Å²) in [5.41, 5.74) is 0.960. The SMILES string of the molecule is CC(C)C1C(=O)N2C(C(=O)OCc3ccc([N+](=O)[O-])cc3)=C(SCCn3ccnc3)CC12. The first-order valence-electron chi connectivity index (χ1n) is 10.4. The molecule has 0 bridgehead atoms. The summed E-state index contributed by atoms with van der Waals surface area (Å²) in [5.74, 6) is 0.297. The second kappa shape index (κ2) is 9.15. The van der Waals surface area contributed by atoms with Crippen LogP contribution in [0.25, 0.3) is 0 Å². The molecule has 1 aromatic carbocycles. The summed E-state index contributed by atoms with van der Waals surface area (Å²) in [6.45, 7) is 4.77. The maximum atomic E-state index is 13.0. The van der Waals surface area contributed by atoms with E-state index in [1.165, 1.54) is 12.1 Å². The average Bonchev–Trinajstić information content (AvgIpc) is 3.38. The predicted octanol–water partition coefficient (Wildman–Crippen LogP) is 3.37. The molecule has 9 nitrogen and oxygen atoms in total. The van der Waals surface area contributed by atoms with Gasteiger partial charge >= 0.3 is 5.97 Å². The Balaban J connectivity index is 1.46. The zero-order valence-corrected chi connectivity index (χ0v) is 18.7. The van der Waals surface area contributed by atoms with Gasteiger partial charge in [0.25, 0.3) is 5.69 Å². The molecule has 3 heterocycles. The van der Waals surface area contributed by atoms with Gasteiger partial charge in [-0.05, 0) is 23.6 Å². The molecule has 168 valence electrons. The number of nitro benzene ring substituents is 1. The molecule has 2 aliphatic heterocycles. The number of β-lactam (4-membered cyclic amide) rings is 1. The van der Waals surface area contributed by atoms with Gasteiger partial charge < -0.3 is 14.2 Å². The third kappa shape index (κ3) is 4.27. The summed E-state index contributed by atoms with van der Waals surface area (Å²) in [4.78, 5) is 42.6. The number of carbonyl (C=O) groups is 2. The number of aryl methyl sites for hydroxylation is 1. The number of rotatable bonds is 9. The van der Waals surface area contributed by atoms with Crippen LogP contribution in [0.4, 0.5) is 5.69 Å². The van der Waals surface area contributed by atoms with Crippen LogP contribution in [0.15, 0.2) is 53.6 Å². The Bertz CT molecular complexity index is 1050. The summed E-state index contributed by atoms with van der Waals surface area (Å²) >= 11 is 1.57. The molecule has 0 spiro atoms. The number of imidazole rings is 1. The van der Waals surface area contributed by atoms with Crippen LogP contribution in [0.5, 0.6) is 0 Å². The third-order valence-electron chi connectivity index (χ3n) is 5.78. The number of non-ortho nitro benzene ring substituents is 1. The first-order chi connectivity index (χ1) is 15.4. The minimum atomic E-state index is -0.536. The molecular formula is C22H24N4O5S. The van der Waals surface area contributed by atoms with Crippen LogP contribution in [0, 0.1) is 22.0 Å². The van der Waals surface area contributed by atoms with Gasteiger partial charge in [0.15, 0.2) is 0 Å². The van der Waals surface area contributed by atoms with Crippen LogP contribution in [0.3, 0.4) is 0 Å². The number of hydrogen-bond acceptors (Lipinski definition) is 7. The number of nitro groups is 1. The Morgan fingerprint density at radius 1 is 1.34 bits per heavy atom. The van der Waals surface area contributed by atoms with Crippen molar-refractivity contribution in [2.75, 3.05) is 5.75 Å². The van der Waals surface area contributed by atoms with E-state index in [4.69, 9.17) is 4.74 Å². The van der Waals surface area contributed by atoms with E-state index >= 15 is 0 Å². The van der Waals surface area contributed by atoms with E-state index in [0.29, 0.717) is 17.7 Å². The number of esters is 1. The van der Waals surface area contributed by atoms with Crippen molar-refractivity contribution in [3.05, 3.63) is 69.3 Å². The highest BCUT2D eigenvalue weighted by atomic mass is 32.2. The van der Waals surface area contributed by atoms with Crippen molar-refractivity contribution in [2.45, 2.75) is 39.5 Å². The minimum Gasteiger partial charge on any atom is -0.456 e. The monoisotopic (exact) mass is 456 g/mol. The average molecular weight is 457 g/mol. The Hall–Kier alpha value is -3.14. The molecule has 1 saturated heterocycles.